The Morgan fingerprint density at radius 3 is 2.73 bits per heavy atom. The van der Waals surface area contributed by atoms with E-state index in [2.05, 4.69) is 4.90 Å². The van der Waals surface area contributed by atoms with Crippen LogP contribution in [-0.2, 0) is 20.3 Å². The quantitative estimate of drug-likeness (QED) is 0.834. The van der Waals surface area contributed by atoms with Crippen molar-refractivity contribution in [2.45, 2.75) is 43.6 Å². The van der Waals surface area contributed by atoms with Gasteiger partial charge in [0.15, 0.2) is 9.84 Å². The summed E-state index contributed by atoms with van der Waals surface area (Å²) in [6.07, 6.45) is 5.06. The van der Waals surface area contributed by atoms with Gasteiger partial charge in [0.25, 0.3) is 0 Å². The Morgan fingerprint density at radius 2 is 1.91 bits per heavy atom. The van der Waals surface area contributed by atoms with E-state index < -0.39 is 9.84 Å². The lowest BCUT2D eigenvalue weighted by Crippen LogP contribution is -2.53. The fraction of sp³-hybridized carbons (Fsp3) is 0.647. The Bertz CT molecular complexity index is 571. The monoisotopic (exact) mass is 323 g/mol. The van der Waals surface area contributed by atoms with Gasteiger partial charge >= 0.3 is 0 Å². The maximum atomic E-state index is 12.3. The molecule has 1 aromatic rings. The van der Waals surface area contributed by atoms with Crippen LogP contribution >= 0.6 is 0 Å². The number of rotatable bonds is 5. The number of hydrogen-bond acceptors (Lipinski definition) is 4. The van der Waals surface area contributed by atoms with Gasteiger partial charge in [0.1, 0.15) is 0 Å². The zero-order valence-electron chi connectivity index (χ0n) is 13.0. The molecule has 0 spiro atoms. The van der Waals surface area contributed by atoms with Crippen molar-refractivity contribution in [1.29, 1.82) is 0 Å². The van der Waals surface area contributed by atoms with E-state index in [1.807, 2.05) is 30.3 Å². The second-order valence-corrected chi connectivity index (χ2v) is 8.56. The van der Waals surface area contributed by atoms with Crippen molar-refractivity contribution in [3.8, 4) is 0 Å². The summed E-state index contributed by atoms with van der Waals surface area (Å²) in [4.78, 5) is 2.34. The van der Waals surface area contributed by atoms with Crippen LogP contribution in [0, 0.1) is 0 Å². The number of nitrogens with zero attached hydrogens (tertiary/aromatic N) is 1. The molecule has 1 aromatic carbocycles. The molecule has 4 nitrogen and oxygen atoms in total. The fourth-order valence-electron chi connectivity index (χ4n) is 3.61. The highest BCUT2D eigenvalue weighted by molar-refractivity contribution is 7.90. The number of sulfone groups is 1. The molecule has 0 N–H and O–H groups in total. The van der Waals surface area contributed by atoms with Crippen LogP contribution in [0.25, 0.3) is 0 Å². The predicted octanol–water partition coefficient (Wildman–Crippen LogP) is 2.24. The summed E-state index contributed by atoms with van der Waals surface area (Å²) in [6, 6.07) is 9.87. The summed E-state index contributed by atoms with van der Waals surface area (Å²) in [6.45, 7) is 2.24. The summed E-state index contributed by atoms with van der Waals surface area (Å²) in [7, 11) is -3.05. The molecule has 1 saturated heterocycles. The van der Waals surface area contributed by atoms with Gasteiger partial charge in [0, 0.05) is 19.1 Å². The average Bonchev–Trinajstić information content (AvgIpc) is 2.53. The van der Waals surface area contributed by atoms with E-state index in [-0.39, 0.29) is 11.5 Å². The summed E-state index contributed by atoms with van der Waals surface area (Å²) < 4.78 is 30.5. The SMILES string of the molecule is O=S(=O)(CCN1CCO[C@@H]2CCCC[C@@H]21)Cc1ccccc1. The van der Waals surface area contributed by atoms with Gasteiger partial charge in [-0.2, -0.15) is 0 Å². The minimum Gasteiger partial charge on any atom is -0.375 e. The van der Waals surface area contributed by atoms with Crippen molar-refractivity contribution < 1.29 is 13.2 Å². The van der Waals surface area contributed by atoms with E-state index in [1.165, 1.54) is 12.8 Å². The van der Waals surface area contributed by atoms with Crippen LogP contribution in [0.1, 0.15) is 31.2 Å². The molecule has 122 valence electrons. The van der Waals surface area contributed by atoms with Gasteiger partial charge in [0.05, 0.1) is 24.2 Å². The lowest BCUT2D eigenvalue weighted by Gasteiger charge is -2.43. The molecule has 1 heterocycles. The number of fused-ring (bicyclic) bond motifs is 1. The normalized spacial score (nSPS) is 26.5. The highest BCUT2D eigenvalue weighted by atomic mass is 32.2. The Morgan fingerprint density at radius 1 is 1.14 bits per heavy atom. The van der Waals surface area contributed by atoms with Crippen LogP contribution in [0.2, 0.25) is 0 Å². The summed E-state index contributed by atoms with van der Waals surface area (Å²) in [5, 5.41) is 0. The van der Waals surface area contributed by atoms with Crippen molar-refractivity contribution in [3.05, 3.63) is 35.9 Å². The molecule has 5 heteroatoms. The Kier molecular flexibility index (Phi) is 5.16. The largest absolute Gasteiger partial charge is 0.375 e. The molecular weight excluding hydrogens is 298 g/mol. The second kappa shape index (κ2) is 7.11. The van der Waals surface area contributed by atoms with E-state index in [4.69, 9.17) is 4.74 Å². The Balaban J connectivity index is 1.56. The molecule has 0 aromatic heterocycles. The predicted molar refractivity (Wildman–Crippen MR) is 87.5 cm³/mol. The smallest absolute Gasteiger partial charge is 0.155 e. The maximum absolute atomic E-state index is 12.3. The topological polar surface area (TPSA) is 46.6 Å². The third-order valence-electron chi connectivity index (χ3n) is 4.77. The van der Waals surface area contributed by atoms with Gasteiger partial charge < -0.3 is 4.74 Å². The highest BCUT2D eigenvalue weighted by Gasteiger charge is 2.34. The number of hydrogen-bond donors (Lipinski definition) is 0. The van der Waals surface area contributed by atoms with E-state index in [9.17, 15) is 8.42 Å². The first kappa shape index (κ1) is 16.0. The van der Waals surface area contributed by atoms with E-state index in [0.29, 0.717) is 18.7 Å². The molecule has 1 aliphatic heterocycles. The summed E-state index contributed by atoms with van der Waals surface area (Å²) >= 11 is 0. The van der Waals surface area contributed by atoms with E-state index in [0.717, 1.165) is 31.6 Å². The molecule has 3 rings (SSSR count). The van der Waals surface area contributed by atoms with Crippen LogP contribution in [0.4, 0.5) is 0 Å². The fourth-order valence-corrected chi connectivity index (χ4v) is 4.97. The van der Waals surface area contributed by atoms with Gasteiger partial charge in [-0.05, 0) is 18.4 Å². The molecule has 2 atom stereocenters. The first-order valence-electron chi connectivity index (χ1n) is 8.24. The first-order chi connectivity index (χ1) is 10.6. The number of ether oxygens (including phenoxy) is 1. The molecular formula is C17H25NO3S. The minimum absolute atomic E-state index is 0.145. The Labute approximate surface area is 133 Å². The molecule has 0 bridgehead atoms. The van der Waals surface area contributed by atoms with Crippen molar-refractivity contribution >= 4 is 9.84 Å². The molecule has 2 aliphatic rings. The Hall–Kier alpha value is -0.910. The van der Waals surface area contributed by atoms with Gasteiger partial charge in [-0.1, -0.05) is 43.2 Å². The standard InChI is InChI=1S/C17H25NO3S/c19-22(20,14-15-6-2-1-3-7-15)13-11-18-10-12-21-17-9-5-4-8-16(17)18/h1-3,6-7,16-17H,4-5,8-14H2/t16-,17+/m0/s1. The summed E-state index contributed by atoms with van der Waals surface area (Å²) in [5.74, 6) is 0.386. The number of morpholine rings is 1. The molecule has 0 unspecified atom stereocenters. The molecule has 1 aliphatic carbocycles. The zero-order chi connectivity index (χ0) is 15.4. The lowest BCUT2D eigenvalue weighted by atomic mass is 9.90. The highest BCUT2D eigenvalue weighted by Crippen LogP contribution is 2.28. The average molecular weight is 323 g/mol. The first-order valence-corrected chi connectivity index (χ1v) is 10.1. The van der Waals surface area contributed by atoms with Gasteiger partial charge in [-0.15, -0.1) is 0 Å². The molecule has 0 radical (unpaired) electrons. The van der Waals surface area contributed by atoms with Gasteiger partial charge in [-0.25, -0.2) is 8.42 Å². The van der Waals surface area contributed by atoms with Crippen LogP contribution in [0.5, 0.6) is 0 Å². The molecule has 1 saturated carbocycles. The van der Waals surface area contributed by atoms with Crippen LogP contribution in [0.15, 0.2) is 30.3 Å². The van der Waals surface area contributed by atoms with Crippen molar-refractivity contribution in [2.75, 3.05) is 25.4 Å². The zero-order valence-corrected chi connectivity index (χ0v) is 13.8. The molecule has 0 amide bonds. The van der Waals surface area contributed by atoms with Crippen LogP contribution in [0.3, 0.4) is 0 Å². The van der Waals surface area contributed by atoms with Crippen molar-refractivity contribution in [2.24, 2.45) is 0 Å². The molecule has 2 fully saturated rings. The third kappa shape index (κ3) is 4.09. The van der Waals surface area contributed by atoms with Crippen molar-refractivity contribution in [3.63, 3.8) is 0 Å². The van der Waals surface area contributed by atoms with Gasteiger partial charge in [0.2, 0.25) is 0 Å². The van der Waals surface area contributed by atoms with Crippen molar-refractivity contribution in [1.82, 2.24) is 4.90 Å². The minimum atomic E-state index is -3.05. The van der Waals surface area contributed by atoms with Crippen LogP contribution < -0.4 is 0 Å². The molecule has 22 heavy (non-hydrogen) atoms. The second-order valence-electron chi connectivity index (χ2n) is 6.37. The van der Waals surface area contributed by atoms with E-state index in [1.54, 1.807) is 0 Å². The van der Waals surface area contributed by atoms with Crippen LogP contribution in [-0.4, -0.2) is 50.9 Å². The van der Waals surface area contributed by atoms with E-state index >= 15 is 0 Å². The summed E-state index contributed by atoms with van der Waals surface area (Å²) in [5.41, 5.74) is 0.875. The lowest BCUT2D eigenvalue weighted by molar-refractivity contribution is -0.0859. The van der Waals surface area contributed by atoms with Gasteiger partial charge in [-0.3, -0.25) is 4.90 Å². The third-order valence-corrected chi connectivity index (χ3v) is 6.34. The number of benzene rings is 1. The maximum Gasteiger partial charge on any atom is 0.155 e.